The molecule has 2 heterocycles. The molecule has 0 aliphatic carbocycles. The monoisotopic (exact) mass is 518 g/mol. The third kappa shape index (κ3) is 5.69. The van der Waals surface area contributed by atoms with Gasteiger partial charge >= 0.3 is 12.0 Å². The van der Waals surface area contributed by atoms with E-state index in [1.165, 1.54) is 12.0 Å². The molecule has 1 saturated heterocycles. The van der Waals surface area contributed by atoms with Gasteiger partial charge in [-0.3, -0.25) is 15.0 Å². The van der Waals surface area contributed by atoms with Gasteiger partial charge < -0.3 is 19.1 Å². The van der Waals surface area contributed by atoms with Crippen LogP contribution in [0.5, 0.6) is 11.5 Å². The summed E-state index contributed by atoms with van der Waals surface area (Å²) in [4.78, 5) is 42.7. The quantitative estimate of drug-likeness (QED) is 0.290. The number of hydrogen-bond acceptors (Lipinski definition) is 6. The lowest BCUT2D eigenvalue weighted by molar-refractivity contribution is -0.116. The van der Waals surface area contributed by atoms with Gasteiger partial charge in [-0.1, -0.05) is 31.5 Å². The average molecular weight is 519 g/mol. The van der Waals surface area contributed by atoms with Crippen molar-refractivity contribution >= 4 is 24.0 Å². The number of unbranched alkanes of at least 4 members (excludes halogenated alkanes) is 1. The lowest BCUT2D eigenvalue weighted by atomic mass is 10.1. The van der Waals surface area contributed by atoms with Crippen LogP contribution in [-0.2, 0) is 24.3 Å². The van der Waals surface area contributed by atoms with Crippen molar-refractivity contribution in [1.29, 1.82) is 0 Å². The van der Waals surface area contributed by atoms with Crippen molar-refractivity contribution in [1.82, 2.24) is 19.8 Å². The van der Waals surface area contributed by atoms with Crippen LogP contribution in [0.2, 0.25) is 0 Å². The number of aromatic carboxylic acids is 1. The summed E-state index contributed by atoms with van der Waals surface area (Å²) in [5, 5.41) is 11.6. The third-order valence-corrected chi connectivity index (χ3v) is 6.33. The number of hydrogen-bond donors (Lipinski definition) is 2. The van der Waals surface area contributed by atoms with Gasteiger partial charge in [-0.25, -0.2) is 14.6 Å². The molecule has 10 nitrogen and oxygen atoms in total. The number of nitrogens with zero attached hydrogens (tertiary/aromatic N) is 3. The highest BCUT2D eigenvalue weighted by atomic mass is 16.5. The van der Waals surface area contributed by atoms with Crippen molar-refractivity contribution in [3.63, 3.8) is 0 Å². The van der Waals surface area contributed by atoms with E-state index in [1.807, 2.05) is 10.6 Å². The van der Waals surface area contributed by atoms with Gasteiger partial charge in [0.15, 0.2) is 11.5 Å². The first-order valence-corrected chi connectivity index (χ1v) is 12.3. The summed E-state index contributed by atoms with van der Waals surface area (Å²) >= 11 is 0. The van der Waals surface area contributed by atoms with E-state index in [1.54, 1.807) is 55.8 Å². The maximum absolute atomic E-state index is 12.8. The van der Waals surface area contributed by atoms with E-state index in [0.717, 1.165) is 36.2 Å². The Balaban J connectivity index is 1.67. The van der Waals surface area contributed by atoms with E-state index in [2.05, 4.69) is 17.2 Å². The molecule has 198 valence electrons. The van der Waals surface area contributed by atoms with Crippen molar-refractivity contribution in [2.45, 2.75) is 39.3 Å². The summed E-state index contributed by atoms with van der Waals surface area (Å²) in [6.07, 6.45) is 6.03. The first kappa shape index (κ1) is 26.5. The summed E-state index contributed by atoms with van der Waals surface area (Å²) in [6, 6.07) is 11.5. The lowest BCUT2D eigenvalue weighted by Crippen LogP contribution is -2.27. The number of methoxy groups -OCH3 is 2. The normalized spacial score (nSPS) is 14.2. The lowest BCUT2D eigenvalue weighted by Gasteiger charge is -2.17. The van der Waals surface area contributed by atoms with Crippen LogP contribution in [-0.4, -0.2) is 51.7 Å². The van der Waals surface area contributed by atoms with E-state index < -0.39 is 17.9 Å². The molecule has 3 amide bonds. The Kier molecular flexibility index (Phi) is 8.10. The number of imide groups is 1. The Labute approximate surface area is 220 Å². The van der Waals surface area contributed by atoms with Gasteiger partial charge in [0, 0.05) is 13.0 Å². The second-order valence-electron chi connectivity index (χ2n) is 8.86. The average Bonchev–Trinajstić information content (AvgIpc) is 3.41. The van der Waals surface area contributed by atoms with Crippen molar-refractivity contribution in [3.8, 4) is 11.5 Å². The number of nitrogens with one attached hydrogen (secondary N) is 1. The third-order valence-electron chi connectivity index (χ3n) is 6.33. The molecular weight excluding hydrogens is 488 g/mol. The van der Waals surface area contributed by atoms with Gasteiger partial charge in [0.05, 0.1) is 38.2 Å². The highest BCUT2D eigenvalue weighted by Gasteiger charge is 2.33. The number of aryl methyl sites for hydroxylation is 1. The Morgan fingerprint density at radius 1 is 1.03 bits per heavy atom. The molecule has 1 aromatic heterocycles. The number of ether oxygens (including phenoxy) is 2. The molecule has 3 aromatic rings. The SMILES string of the molecule is CCCCc1ncc(C=C2C(=O)NC(=O)N2Cc2ccc(OC)c(OC)c2)n1Cc1ccc(C(=O)O)cc1. The van der Waals surface area contributed by atoms with Crippen molar-refractivity contribution in [2.75, 3.05) is 14.2 Å². The van der Waals surface area contributed by atoms with Crippen LogP contribution in [0.1, 0.15) is 52.8 Å². The first-order valence-electron chi connectivity index (χ1n) is 12.3. The number of aromatic nitrogens is 2. The molecular formula is C28H30N4O6. The number of carboxylic acid groups (broad SMARTS) is 1. The minimum absolute atomic E-state index is 0.150. The van der Waals surface area contributed by atoms with Crippen LogP contribution in [0, 0.1) is 0 Å². The van der Waals surface area contributed by atoms with Crippen molar-refractivity contribution in [2.24, 2.45) is 0 Å². The molecule has 2 N–H and O–H groups in total. The number of carbonyl (C=O) groups excluding carboxylic acids is 2. The Bertz CT molecular complexity index is 1380. The summed E-state index contributed by atoms with van der Waals surface area (Å²) in [6.45, 7) is 2.68. The topological polar surface area (TPSA) is 123 Å². The molecule has 0 atom stereocenters. The second kappa shape index (κ2) is 11.6. The molecule has 10 heteroatoms. The van der Waals surface area contributed by atoms with E-state index in [0.29, 0.717) is 23.7 Å². The molecule has 2 aromatic carbocycles. The summed E-state index contributed by atoms with van der Waals surface area (Å²) in [7, 11) is 3.08. The number of amides is 3. The Morgan fingerprint density at radius 3 is 2.39 bits per heavy atom. The summed E-state index contributed by atoms with van der Waals surface area (Å²) in [5.74, 6) is 0.448. The molecule has 1 aliphatic rings. The Morgan fingerprint density at radius 2 is 1.74 bits per heavy atom. The number of carbonyl (C=O) groups is 3. The number of imidazole rings is 1. The molecule has 1 aliphatic heterocycles. The van der Waals surface area contributed by atoms with Gasteiger partial charge in [0.1, 0.15) is 11.5 Å². The molecule has 0 saturated carbocycles. The van der Waals surface area contributed by atoms with Gasteiger partial charge in [0.2, 0.25) is 0 Å². The van der Waals surface area contributed by atoms with E-state index in [9.17, 15) is 19.5 Å². The predicted molar refractivity (Wildman–Crippen MR) is 140 cm³/mol. The van der Waals surface area contributed by atoms with Crippen molar-refractivity contribution < 1.29 is 29.0 Å². The zero-order valence-corrected chi connectivity index (χ0v) is 21.6. The minimum atomic E-state index is -0.986. The fraction of sp³-hybridized carbons (Fsp3) is 0.286. The van der Waals surface area contributed by atoms with Gasteiger partial charge in [0.25, 0.3) is 5.91 Å². The minimum Gasteiger partial charge on any atom is -0.493 e. The van der Waals surface area contributed by atoms with E-state index >= 15 is 0 Å². The fourth-order valence-electron chi connectivity index (χ4n) is 4.26. The Hall–Kier alpha value is -4.60. The molecule has 0 bridgehead atoms. The predicted octanol–water partition coefficient (Wildman–Crippen LogP) is 4.08. The summed E-state index contributed by atoms with van der Waals surface area (Å²) in [5.41, 5.74) is 2.72. The van der Waals surface area contributed by atoms with Gasteiger partial charge in [-0.05, 0) is 47.9 Å². The van der Waals surface area contributed by atoms with E-state index in [-0.39, 0.29) is 17.8 Å². The van der Waals surface area contributed by atoms with Gasteiger partial charge in [-0.15, -0.1) is 0 Å². The zero-order chi connectivity index (χ0) is 27.2. The molecule has 0 radical (unpaired) electrons. The zero-order valence-electron chi connectivity index (χ0n) is 21.6. The molecule has 38 heavy (non-hydrogen) atoms. The molecule has 0 unspecified atom stereocenters. The molecule has 1 fully saturated rings. The van der Waals surface area contributed by atoms with Crippen LogP contribution >= 0.6 is 0 Å². The van der Waals surface area contributed by atoms with E-state index in [4.69, 9.17) is 9.47 Å². The maximum atomic E-state index is 12.8. The molecule has 4 rings (SSSR count). The maximum Gasteiger partial charge on any atom is 0.335 e. The number of urea groups is 1. The number of benzene rings is 2. The second-order valence-corrected chi connectivity index (χ2v) is 8.86. The standard InChI is InChI=1S/C28H30N4O6/c1-4-5-6-25-29-15-21(31(25)16-18-7-10-20(11-8-18)27(34)35)14-22-26(33)30-28(36)32(22)17-19-9-12-23(37-2)24(13-19)38-3/h7-15H,4-6,16-17H2,1-3H3,(H,34,35)(H,30,33,36). The smallest absolute Gasteiger partial charge is 0.335 e. The number of carboxylic acids is 1. The van der Waals surface area contributed by atoms with Gasteiger partial charge in [-0.2, -0.15) is 0 Å². The fourth-order valence-corrected chi connectivity index (χ4v) is 4.26. The molecule has 0 spiro atoms. The first-order chi connectivity index (χ1) is 18.3. The van der Waals surface area contributed by atoms with Crippen LogP contribution < -0.4 is 14.8 Å². The van der Waals surface area contributed by atoms with Crippen LogP contribution in [0.15, 0.2) is 54.4 Å². The van der Waals surface area contributed by atoms with Crippen molar-refractivity contribution in [3.05, 3.63) is 82.6 Å². The highest BCUT2D eigenvalue weighted by Crippen LogP contribution is 2.29. The largest absolute Gasteiger partial charge is 0.493 e. The highest BCUT2D eigenvalue weighted by molar-refractivity contribution is 6.13. The van der Waals surface area contributed by atoms with Crippen LogP contribution in [0.25, 0.3) is 6.08 Å². The number of rotatable bonds is 11. The van der Waals surface area contributed by atoms with Crippen LogP contribution in [0.3, 0.4) is 0 Å². The summed E-state index contributed by atoms with van der Waals surface area (Å²) < 4.78 is 12.6. The van der Waals surface area contributed by atoms with Crippen LogP contribution in [0.4, 0.5) is 4.79 Å².